The van der Waals surface area contributed by atoms with E-state index >= 15 is 0 Å². The van der Waals surface area contributed by atoms with E-state index in [0.717, 1.165) is 12.1 Å². The van der Waals surface area contributed by atoms with Crippen molar-refractivity contribution in [2.75, 3.05) is 13.1 Å². The minimum atomic E-state index is -0.870. The first-order valence-electron chi connectivity index (χ1n) is 5.18. The molecule has 15 heavy (non-hydrogen) atoms. The summed E-state index contributed by atoms with van der Waals surface area (Å²) in [6.07, 6.45) is 1.83. The summed E-state index contributed by atoms with van der Waals surface area (Å²) in [6, 6.07) is 0. The van der Waals surface area contributed by atoms with Crippen LogP contribution in [0.2, 0.25) is 0 Å². The van der Waals surface area contributed by atoms with E-state index in [2.05, 4.69) is 10.2 Å². The molecule has 1 aliphatic rings. The van der Waals surface area contributed by atoms with Crippen LogP contribution in [0.3, 0.4) is 0 Å². The third-order valence-corrected chi connectivity index (χ3v) is 2.72. The molecule has 2 heterocycles. The van der Waals surface area contributed by atoms with Gasteiger partial charge >= 0.3 is 0 Å². The lowest BCUT2D eigenvalue weighted by Gasteiger charge is -2.14. The molecule has 1 atom stereocenters. The quantitative estimate of drug-likeness (QED) is 0.797. The van der Waals surface area contributed by atoms with Gasteiger partial charge in [-0.2, -0.15) is 5.10 Å². The Morgan fingerprint density at radius 2 is 2.60 bits per heavy atom. The predicted molar refractivity (Wildman–Crippen MR) is 53.4 cm³/mol. The van der Waals surface area contributed by atoms with Crippen LogP contribution < -0.4 is 0 Å². The van der Waals surface area contributed by atoms with E-state index < -0.39 is 6.17 Å². The fourth-order valence-electron chi connectivity index (χ4n) is 1.84. The highest BCUT2D eigenvalue weighted by molar-refractivity contribution is 5.95. The molecule has 1 aromatic heterocycles. The molecule has 82 valence electrons. The highest BCUT2D eigenvalue weighted by Gasteiger charge is 2.28. The number of halogens is 1. The van der Waals surface area contributed by atoms with Crippen LogP contribution in [0.25, 0.3) is 0 Å². The molecular formula is C10H14FN3O. The number of carbonyl (C=O) groups excluding carboxylic acids is 1. The van der Waals surface area contributed by atoms with E-state index in [9.17, 15) is 9.18 Å². The summed E-state index contributed by atoms with van der Waals surface area (Å²) < 4.78 is 12.9. The van der Waals surface area contributed by atoms with Gasteiger partial charge in [0.15, 0.2) is 0 Å². The molecule has 0 aromatic carbocycles. The van der Waals surface area contributed by atoms with Crippen LogP contribution in [0.5, 0.6) is 0 Å². The lowest BCUT2D eigenvalue weighted by atomic mass is 10.2. The Kier molecular flexibility index (Phi) is 2.70. The van der Waals surface area contributed by atoms with Crippen molar-refractivity contribution in [1.82, 2.24) is 15.1 Å². The summed E-state index contributed by atoms with van der Waals surface area (Å²) in [5.74, 6) is -0.110. The fraction of sp³-hybridized carbons (Fsp3) is 0.600. The molecule has 4 nitrogen and oxygen atoms in total. The van der Waals surface area contributed by atoms with Crippen molar-refractivity contribution in [2.45, 2.75) is 25.9 Å². The highest BCUT2D eigenvalue weighted by Crippen LogP contribution is 2.17. The molecule has 0 spiro atoms. The van der Waals surface area contributed by atoms with Crippen molar-refractivity contribution < 1.29 is 9.18 Å². The van der Waals surface area contributed by atoms with Crippen molar-refractivity contribution in [3.05, 3.63) is 17.5 Å². The average molecular weight is 211 g/mol. The van der Waals surface area contributed by atoms with Gasteiger partial charge in [-0.15, -0.1) is 0 Å². The van der Waals surface area contributed by atoms with Crippen LogP contribution in [0.4, 0.5) is 4.39 Å². The number of hydrogen-bond acceptors (Lipinski definition) is 2. The van der Waals surface area contributed by atoms with E-state index in [4.69, 9.17) is 0 Å². The number of hydrogen-bond donors (Lipinski definition) is 1. The maximum atomic E-state index is 12.9. The Morgan fingerprint density at radius 1 is 1.80 bits per heavy atom. The Hall–Kier alpha value is -1.39. The number of nitrogens with one attached hydrogen (secondary N) is 1. The first-order chi connectivity index (χ1) is 7.22. The SMILES string of the molecule is CCc1[nH]ncc1C(=O)N1CC[C@H](F)C1. The molecule has 1 fully saturated rings. The number of likely N-dealkylation sites (tertiary alicyclic amines) is 1. The van der Waals surface area contributed by atoms with Crippen molar-refractivity contribution in [3.8, 4) is 0 Å². The topological polar surface area (TPSA) is 49.0 Å². The van der Waals surface area contributed by atoms with Gasteiger partial charge in [0.25, 0.3) is 5.91 Å². The normalized spacial score (nSPS) is 20.9. The summed E-state index contributed by atoms with van der Waals surface area (Å²) >= 11 is 0. The minimum absolute atomic E-state index is 0.110. The zero-order chi connectivity index (χ0) is 10.8. The van der Waals surface area contributed by atoms with Crippen molar-refractivity contribution in [2.24, 2.45) is 0 Å². The van der Waals surface area contributed by atoms with Gasteiger partial charge in [-0.25, -0.2) is 4.39 Å². The first kappa shape index (κ1) is 10.1. The molecular weight excluding hydrogens is 197 g/mol. The van der Waals surface area contributed by atoms with Gasteiger partial charge in [0.05, 0.1) is 18.3 Å². The van der Waals surface area contributed by atoms with Crippen LogP contribution >= 0.6 is 0 Å². The van der Waals surface area contributed by atoms with Crippen molar-refractivity contribution >= 4 is 5.91 Å². The Labute approximate surface area is 87.5 Å². The van der Waals surface area contributed by atoms with Gasteiger partial charge in [-0.1, -0.05) is 6.92 Å². The summed E-state index contributed by atoms with van der Waals surface area (Å²) in [4.78, 5) is 13.5. The maximum absolute atomic E-state index is 12.9. The number of aryl methyl sites for hydroxylation is 1. The number of H-pyrrole nitrogens is 1. The molecule has 1 N–H and O–H groups in total. The van der Waals surface area contributed by atoms with Crippen LogP contribution in [0.1, 0.15) is 29.4 Å². The summed E-state index contributed by atoms with van der Waals surface area (Å²) in [5, 5.41) is 6.62. The van der Waals surface area contributed by atoms with Gasteiger partial charge in [0.2, 0.25) is 0 Å². The summed E-state index contributed by atoms with van der Waals surface area (Å²) in [7, 11) is 0. The zero-order valence-electron chi connectivity index (χ0n) is 8.66. The van der Waals surface area contributed by atoms with Gasteiger partial charge in [0, 0.05) is 12.2 Å². The number of alkyl halides is 1. The third-order valence-electron chi connectivity index (χ3n) is 2.72. The summed E-state index contributed by atoms with van der Waals surface area (Å²) in [5.41, 5.74) is 1.40. The molecule has 0 bridgehead atoms. The monoisotopic (exact) mass is 211 g/mol. The van der Waals surface area contributed by atoms with Gasteiger partial charge in [0.1, 0.15) is 6.17 Å². The number of carbonyl (C=O) groups is 1. The second kappa shape index (κ2) is 4.00. The van der Waals surface area contributed by atoms with E-state index in [1.54, 1.807) is 4.90 Å². The van der Waals surface area contributed by atoms with Crippen LogP contribution in [-0.2, 0) is 6.42 Å². The standard InChI is InChI=1S/C10H14FN3O/c1-2-9-8(5-12-13-9)10(15)14-4-3-7(11)6-14/h5,7H,2-4,6H2,1H3,(H,12,13)/t7-/m0/s1. The molecule has 1 amide bonds. The van der Waals surface area contributed by atoms with E-state index in [1.807, 2.05) is 6.92 Å². The number of rotatable bonds is 2. The van der Waals surface area contributed by atoms with Crippen molar-refractivity contribution in [3.63, 3.8) is 0 Å². The van der Waals surface area contributed by atoms with Gasteiger partial charge in [-0.05, 0) is 12.8 Å². The molecule has 1 aliphatic heterocycles. The van der Waals surface area contributed by atoms with E-state index in [0.29, 0.717) is 18.5 Å². The largest absolute Gasteiger partial charge is 0.336 e. The highest BCUT2D eigenvalue weighted by atomic mass is 19.1. The van der Waals surface area contributed by atoms with E-state index in [1.165, 1.54) is 6.20 Å². The number of aromatic amines is 1. The molecule has 0 radical (unpaired) electrons. The van der Waals surface area contributed by atoms with Crippen LogP contribution in [0.15, 0.2) is 6.20 Å². The smallest absolute Gasteiger partial charge is 0.257 e. The van der Waals surface area contributed by atoms with E-state index in [-0.39, 0.29) is 12.5 Å². The molecule has 1 aromatic rings. The predicted octanol–water partition coefficient (Wildman–Crippen LogP) is 1.16. The minimum Gasteiger partial charge on any atom is -0.336 e. The second-order valence-corrected chi connectivity index (χ2v) is 3.75. The Bertz CT molecular complexity index is 363. The fourth-order valence-corrected chi connectivity index (χ4v) is 1.84. The molecule has 0 unspecified atom stereocenters. The lowest BCUT2D eigenvalue weighted by Crippen LogP contribution is -2.29. The third kappa shape index (κ3) is 1.86. The van der Waals surface area contributed by atoms with Crippen molar-refractivity contribution in [1.29, 1.82) is 0 Å². The Morgan fingerprint density at radius 3 is 3.20 bits per heavy atom. The molecule has 0 saturated carbocycles. The van der Waals surface area contributed by atoms with Crippen LogP contribution in [0, 0.1) is 0 Å². The maximum Gasteiger partial charge on any atom is 0.257 e. The number of nitrogens with zero attached hydrogens (tertiary/aromatic N) is 2. The molecule has 2 rings (SSSR count). The van der Waals surface area contributed by atoms with Gasteiger partial charge < -0.3 is 4.90 Å². The number of aromatic nitrogens is 2. The van der Waals surface area contributed by atoms with Crippen LogP contribution in [-0.4, -0.2) is 40.3 Å². The summed E-state index contributed by atoms with van der Waals surface area (Å²) in [6.45, 7) is 2.67. The molecule has 1 saturated heterocycles. The van der Waals surface area contributed by atoms with Gasteiger partial charge in [-0.3, -0.25) is 9.89 Å². The molecule has 5 heteroatoms. The average Bonchev–Trinajstić information content (AvgIpc) is 2.84. The second-order valence-electron chi connectivity index (χ2n) is 3.75. The number of amides is 1. The zero-order valence-corrected chi connectivity index (χ0v) is 8.66. The lowest BCUT2D eigenvalue weighted by molar-refractivity contribution is 0.0782. The first-order valence-corrected chi connectivity index (χ1v) is 5.18. The Balaban J connectivity index is 2.14. The molecule has 0 aliphatic carbocycles.